The van der Waals surface area contributed by atoms with Crippen molar-refractivity contribution in [3.8, 4) is 0 Å². The van der Waals surface area contributed by atoms with Gasteiger partial charge in [0.1, 0.15) is 5.78 Å². The van der Waals surface area contributed by atoms with Gasteiger partial charge in [0.05, 0.1) is 0 Å². The Morgan fingerprint density at radius 1 is 1.03 bits per heavy atom. The number of carbonyl (C=O) groups excluding carboxylic acids is 1. The summed E-state index contributed by atoms with van der Waals surface area (Å²) in [4.78, 5) is 12.3. The van der Waals surface area contributed by atoms with Crippen molar-refractivity contribution in [2.75, 3.05) is 7.11 Å². The van der Waals surface area contributed by atoms with Crippen LogP contribution in [0.25, 0.3) is 0 Å². The van der Waals surface area contributed by atoms with Crippen LogP contribution in [0.15, 0.2) is 12.2 Å². The first-order valence-electron chi connectivity index (χ1n) is 14.6. The van der Waals surface area contributed by atoms with Gasteiger partial charge < -0.3 is 5.11 Å². The van der Waals surface area contributed by atoms with Gasteiger partial charge in [-0.05, 0) is 97.7 Å². The summed E-state index contributed by atoms with van der Waals surface area (Å²) in [6.45, 7) is 13.8. The number of hydrogen-bond donors (Lipinski definition) is 1. The van der Waals surface area contributed by atoms with Gasteiger partial charge in [-0.1, -0.05) is 73.0 Å². The SMILES string of the molecule is CC.CCC12CCC3C(C=C[C@H]4CC(=O)CCCC34C)[C@@H]1CCC2CCCCC(C)C.CO. The molecule has 4 aliphatic carbocycles. The van der Waals surface area contributed by atoms with Crippen molar-refractivity contribution >= 4 is 5.78 Å². The number of ketones is 1. The van der Waals surface area contributed by atoms with Crippen LogP contribution < -0.4 is 0 Å². The molecule has 3 saturated carbocycles. The molecule has 0 bridgehead atoms. The summed E-state index contributed by atoms with van der Waals surface area (Å²) >= 11 is 0. The Morgan fingerprint density at radius 2 is 1.76 bits per heavy atom. The van der Waals surface area contributed by atoms with Gasteiger partial charge in [0.25, 0.3) is 0 Å². The molecule has 0 aliphatic heterocycles. The van der Waals surface area contributed by atoms with Gasteiger partial charge in [-0.3, -0.25) is 4.79 Å². The number of allylic oxidation sites excluding steroid dienone is 2. The van der Waals surface area contributed by atoms with Crippen molar-refractivity contribution in [2.24, 2.45) is 46.3 Å². The second-order valence-electron chi connectivity index (χ2n) is 12.0. The lowest BCUT2D eigenvalue weighted by Crippen LogP contribution is -2.50. The Hall–Kier alpha value is -0.630. The summed E-state index contributed by atoms with van der Waals surface area (Å²) < 4.78 is 0. The highest BCUT2D eigenvalue weighted by Gasteiger charge is 2.59. The number of rotatable bonds is 6. The molecule has 2 heteroatoms. The van der Waals surface area contributed by atoms with Crippen molar-refractivity contribution in [3.05, 3.63) is 12.2 Å². The van der Waals surface area contributed by atoms with Crippen LogP contribution in [-0.2, 0) is 4.79 Å². The number of aliphatic hydroxyl groups is 1. The van der Waals surface area contributed by atoms with Crippen LogP contribution in [0, 0.1) is 46.3 Å². The summed E-state index contributed by atoms with van der Waals surface area (Å²) in [7, 11) is 1.00. The lowest BCUT2D eigenvalue weighted by atomic mass is 9.47. The van der Waals surface area contributed by atoms with Crippen LogP contribution in [0.3, 0.4) is 0 Å². The zero-order valence-electron chi connectivity index (χ0n) is 23.2. The van der Waals surface area contributed by atoms with Crippen LogP contribution in [0.4, 0.5) is 0 Å². The molecular weight excluding hydrogens is 404 g/mol. The molecule has 4 aliphatic rings. The summed E-state index contributed by atoms with van der Waals surface area (Å²) in [6.07, 6.45) is 22.2. The molecule has 0 radical (unpaired) electrons. The van der Waals surface area contributed by atoms with Crippen LogP contribution in [0.2, 0.25) is 0 Å². The molecule has 0 amide bonds. The zero-order chi connectivity index (χ0) is 24.6. The maximum Gasteiger partial charge on any atom is 0.133 e. The highest BCUT2D eigenvalue weighted by Crippen LogP contribution is 2.67. The first-order valence-corrected chi connectivity index (χ1v) is 14.6. The maximum absolute atomic E-state index is 12.3. The van der Waals surface area contributed by atoms with Gasteiger partial charge in [-0.15, -0.1) is 0 Å². The molecule has 0 aromatic carbocycles. The second kappa shape index (κ2) is 12.9. The van der Waals surface area contributed by atoms with E-state index < -0.39 is 0 Å². The predicted molar refractivity (Wildman–Crippen MR) is 142 cm³/mol. The average molecular weight is 461 g/mol. The molecule has 0 aromatic heterocycles. The lowest BCUT2D eigenvalue weighted by Gasteiger charge is -2.57. The molecule has 2 nitrogen and oxygen atoms in total. The maximum atomic E-state index is 12.3. The standard InChI is InChI=1S/C28H46O.C2H6.CH4O/c1-5-28-18-16-25-24(14-12-22-19-23(29)11-8-17-27(22,25)4)26(28)15-13-21(28)10-7-6-9-20(2)3;2*1-2/h12,14,20-22,24-26H,5-11,13,15-19H2,1-4H3;1-2H3;2H,1H3/t21?,22-,24?,25?,26-,27?,28?;;/m0../s1. The topological polar surface area (TPSA) is 37.3 Å². The van der Waals surface area contributed by atoms with E-state index >= 15 is 0 Å². The van der Waals surface area contributed by atoms with Gasteiger partial charge >= 0.3 is 0 Å². The molecule has 5 unspecified atom stereocenters. The van der Waals surface area contributed by atoms with Gasteiger partial charge in [-0.25, -0.2) is 0 Å². The van der Waals surface area contributed by atoms with Crippen molar-refractivity contribution in [1.82, 2.24) is 0 Å². The normalized spacial score (nSPS) is 39.3. The third-order valence-corrected chi connectivity index (χ3v) is 10.3. The van der Waals surface area contributed by atoms with Crippen LogP contribution in [0.1, 0.15) is 125 Å². The third-order valence-electron chi connectivity index (χ3n) is 10.3. The van der Waals surface area contributed by atoms with Crippen molar-refractivity contribution < 1.29 is 9.90 Å². The first-order chi connectivity index (χ1) is 15.9. The fourth-order valence-electron chi connectivity index (χ4n) is 8.70. The molecule has 0 aromatic rings. The summed E-state index contributed by atoms with van der Waals surface area (Å²) in [5.41, 5.74) is 0.994. The van der Waals surface area contributed by atoms with Crippen molar-refractivity contribution in [1.29, 1.82) is 0 Å². The average Bonchev–Trinajstić information content (AvgIpc) is 3.12. The predicted octanol–water partition coefficient (Wildman–Crippen LogP) is 8.62. The Labute approximate surface area is 206 Å². The molecule has 0 saturated heterocycles. The van der Waals surface area contributed by atoms with Gasteiger partial charge in [0.15, 0.2) is 0 Å². The molecule has 0 heterocycles. The number of unbranched alkanes of at least 4 members (excludes halogenated alkanes) is 1. The molecular formula is C31H56O2. The highest BCUT2D eigenvalue weighted by molar-refractivity contribution is 5.79. The summed E-state index contributed by atoms with van der Waals surface area (Å²) in [6, 6.07) is 0. The fourth-order valence-corrected chi connectivity index (χ4v) is 8.70. The number of hydrogen-bond acceptors (Lipinski definition) is 2. The number of carbonyl (C=O) groups is 1. The zero-order valence-corrected chi connectivity index (χ0v) is 23.2. The first kappa shape index (κ1) is 28.6. The molecule has 3 fully saturated rings. The second-order valence-corrected chi connectivity index (χ2v) is 12.0. The van der Waals surface area contributed by atoms with Gasteiger partial charge in [0, 0.05) is 20.0 Å². The molecule has 1 N–H and O–H groups in total. The van der Waals surface area contributed by atoms with E-state index in [0.717, 1.165) is 56.0 Å². The van der Waals surface area contributed by atoms with Crippen molar-refractivity contribution in [3.63, 3.8) is 0 Å². The quantitative estimate of drug-likeness (QED) is 0.318. The number of fused-ring (bicyclic) bond motifs is 5. The Morgan fingerprint density at radius 3 is 2.42 bits per heavy atom. The number of Topliss-reactive ketones (excluding diaryl/α,β-unsaturated/α-hetero) is 1. The van der Waals surface area contributed by atoms with E-state index in [4.69, 9.17) is 5.11 Å². The van der Waals surface area contributed by atoms with Crippen LogP contribution in [-0.4, -0.2) is 18.0 Å². The highest BCUT2D eigenvalue weighted by atomic mass is 16.2. The molecule has 4 rings (SSSR count). The summed E-state index contributed by atoms with van der Waals surface area (Å²) in [5.74, 6) is 5.39. The monoisotopic (exact) mass is 460 g/mol. The van der Waals surface area contributed by atoms with E-state index in [1.165, 1.54) is 64.2 Å². The third kappa shape index (κ3) is 5.79. The van der Waals surface area contributed by atoms with E-state index in [9.17, 15) is 4.79 Å². The smallest absolute Gasteiger partial charge is 0.133 e. The number of aliphatic hydroxyl groups excluding tert-OH is 1. The Balaban J connectivity index is 0.000000914. The van der Waals surface area contributed by atoms with Crippen molar-refractivity contribution in [2.45, 2.75) is 125 Å². The van der Waals surface area contributed by atoms with E-state index in [1.54, 1.807) is 0 Å². The van der Waals surface area contributed by atoms with Gasteiger partial charge in [-0.2, -0.15) is 0 Å². The minimum Gasteiger partial charge on any atom is -0.400 e. The van der Waals surface area contributed by atoms with Gasteiger partial charge in [0.2, 0.25) is 0 Å². The summed E-state index contributed by atoms with van der Waals surface area (Å²) in [5, 5.41) is 7.00. The van der Waals surface area contributed by atoms with E-state index in [0.29, 0.717) is 22.5 Å². The van der Waals surface area contributed by atoms with Crippen LogP contribution >= 0.6 is 0 Å². The van der Waals surface area contributed by atoms with E-state index in [-0.39, 0.29) is 0 Å². The van der Waals surface area contributed by atoms with E-state index in [1.807, 2.05) is 13.8 Å². The largest absolute Gasteiger partial charge is 0.400 e. The molecule has 7 atom stereocenters. The molecule has 33 heavy (non-hydrogen) atoms. The minimum atomic E-state index is 0.376. The fraction of sp³-hybridized carbons (Fsp3) is 0.903. The lowest BCUT2D eigenvalue weighted by molar-refractivity contribution is -0.120. The Kier molecular flexibility index (Phi) is 11.2. The van der Waals surface area contributed by atoms with E-state index in [2.05, 4.69) is 39.8 Å². The Bertz CT molecular complexity index is 622. The minimum absolute atomic E-state index is 0.376. The molecule has 0 spiro atoms. The molecule has 192 valence electrons. The van der Waals surface area contributed by atoms with Crippen LogP contribution in [0.5, 0.6) is 0 Å².